The SMILES string of the molecule is CN1CCN(C(=O)c2cc(C(=O)Nc3ccccc3C(C)(C)C)ccn2)CC1. The lowest BCUT2D eigenvalue weighted by atomic mass is 9.86. The molecule has 2 aromatic rings. The number of aromatic nitrogens is 1. The number of nitrogens with one attached hydrogen (secondary N) is 1. The average molecular weight is 380 g/mol. The molecule has 1 aromatic carbocycles. The van der Waals surface area contributed by atoms with Gasteiger partial charge in [0.15, 0.2) is 0 Å². The number of amides is 2. The first kappa shape index (κ1) is 20.0. The molecule has 0 bridgehead atoms. The van der Waals surface area contributed by atoms with Crippen molar-refractivity contribution in [2.45, 2.75) is 26.2 Å². The number of para-hydroxylation sites is 1. The molecular weight excluding hydrogens is 352 g/mol. The Balaban J connectivity index is 1.77. The number of nitrogens with zero attached hydrogens (tertiary/aromatic N) is 3. The van der Waals surface area contributed by atoms with Crippen LogP contribution in [-0.2, 0) is 5.41 Å². The summed E-state index contributed by atoms with van der Waals surface area (Å²) >= 11 is 0. The van der Waals surface area contributed by atoms with Gasteiger partial charge in [0, 0.05) is 43.6 Å². The normalized spacial score (nSPS) is 15.4. The maximum atomic E-state index is 12.8. The number of rotatable bonds is 3. The number of carbonyl (C=O) groups excluding carboxylic acids is 2. The van der Waals surface area contributed by atoms with E-state index in [-0.39, 0.29) is 17.2 Å². The monoisotopic (exact) mass is 380 g/mol. The maximum absolute atomic E-state index is 12.8. The van der Waals surface area contributed by atoms with E-state index in [2.05, 4.69) is 36.0 Å². The van der Waals surface area contributed by atoms with Crippen LogP contribution in [0.15, 0.2) is 42.6 Å². The van der Waals surface area contributed by atoms with Gasteiger partial charge in [-0.3, -0.25) is 14.6 Å². The van der Waals surface area contributed by atoms with Crippen LogP contribution in [0.1, 0.15) is 47.2 Å². The first-order chi connectivity index (χ1) is 13.3. The minimum absolute atomic E-state index is 0.0926. The van der Waals surface area contributed by atoms with Crippen LogP contribution in [-0.4, -0.2) is 59.8 Å². The van der Waals surface area contributed by atoms with Crippen LogP contribution in [0, 0.1) is 0 Å². The average Bonchev–Trinajstić information content (AvgIpc) is 2.68. The number of likely N-dealkylation sites (N-methyl/N-ethyl adjacent to an activating group) is 1. The molecule has 0 spiro atoms. The van der Waals surface area contributed by atoms with Gasteiger partial charge in [-0.05, 0) is 36.2 Å². The Labute approximate surface area is 166 Å². The smallest absolute Gasteiger partial charge is 0.272 e. The van der Waals surface area contributed by atoms with E-state index in [1.807, 2.05) is 31.3 Å². The molecule has 0 aliphatic carbocycles. The minimum atomic E-state index is -0.244. The van der Waals surface area contributed by atoms with Gasteiger partial charge in [-0.25, -0.2) is 0 Å². The van der Waals surface area contributed by atoms with Crippen LogP contribution >= 0.6 is 0 Å². The maximum Gasteiger partial charge on any atom is 0.272 e. The molecule has 2 amide bonds. The summed E-state index contributed by atoms with van der Waals surface area (Å²) in [5.74, 6) is -0.371. The molecular formula is C22H28N4O2. The highest BCUT2D eigenvalue weighted by atomic mass is 16.2. The standard InChI is InChI=1S/C22H28N4O2/c1-22(2,3)17-7-5-6-8-18(17)24-20(27)16-9-10-23-19(15-16)21(28)26-13-11-25(4)12-14-26/h5-10,15H,11-14H2,1-4H3,(H,24,27). The number of hydrogen-bond donors (Lipinski definition) is 1. The van der Waals surface area contributed by atoms with Gasteiger partial charge in [-0.15, -0.1) is 0 Å². The summed E-state index contributed by atoms with van der Waals surface area (Å²) in [4.78, 5) is 33.7. The van der Waals surface area contributed by atoms with Crippen molar-refractivity contribution < 1.29 is 9.59 Å². The van der Waals surface area contributed by atoms with Crippen LogP contribution in [0.3, 0.4) is 0 Å². The van der Waals surface area contributed by atoms with Gasteiger partial charge < -0.3 is 15.1 Å². The highest BCUT2D eigenvalue weighted by Crippen LogP contribution is 2.29. The Morgan fingerprint density at radius 2 is 1.71 bits per heavy atom. The minimum Gasteiger partial charge on any atom is -0.335 e. The second-order valence-corrected chi connectivity index (χ2v) is 8.27. The summed E-state index contributed by atoms with van der Waals surface area (Å²) in [6, 6.07) is 11.0. The van der Waals surface area contributed by atoms with Crippen LogP contribution < -0.4 is 5.32 Å². The van der Waals surface area contributed by atoms with Crippen molar-refractivity contribution in [1.82, 2.24) is 14.8 Å². The molecule has 1 saturated heterocycles. The van der Waals surface area contributed by atoms with E-state index in [1.54, 1.807) is 17.0 Å². The lowest BCUT2D eigenvalue weighted by molar-refractivity contribution is 0.0658. The second-order valence-electron chi connectivity index (χ2n) is 8.27. The van der Waals surface area contributed by atoms with E-state index in [1.165, 1.54) is 6.20 Å². The summed E-state index contributed by atoms with van der Waals surface area (Å²) < 4.78 is 0. The summed E-state index contributed by atoms with van der Waals surface area (Å²) in [6.07, 6.45) is 1.52. The van der Waals surface area contributed by atoms with Gasteiger partial charge in [0.1, 0.15) is 5.69 Å². The van der Waals surface area contributed by atoms with E-state index in [9.17, 15) is 9.59 Å². The quantitative estimate of drug-likeness (QED) is 0.889. The van der Waals surface area contributed by atoms with Gasteiger partial charge in [0.05, 0.1) is 0 Å². The van der Waals surface area contributed by atoms with Gasteiger partial charge in [0.25, 0.3) is 11.8 Å². The van der Waals surface area contributed by atoms with Gasteiger partial charge in [0.2, 0.25) is 0 Å². The fraction of sp³-hybridized carbons (Fsp3) is 0.409. The predicted octanol–water partition coefficient (Wildman–Crippen LogP) is 3.02. The Hall–Kier alpha value is -2.73. The highest BCUT2D eigenvalue weighted by Gasteiger charge is 2.23. The number of carbonyl (C=O) groups is 2. The van der Waals surface area contributed by atoms with Gasteiger partial charge in [-0.1, -0.05) is 39.0 Å². The molecule has 0 radical (unpaired) electrons. The predicted molar refractivity (Wildman–Crippen MR) is 111 cm³/mol. The van der Waals surface area contributed by atoms with E-state index < -0.39 is 0 Å². The summed E-state index contributed by atoms with van der Waals surface area (Å²) in [7, 11) is 2.04. The number of pyridine rings is 1. The zero-order valence-electron chi connectivity index (χ0n) is 17.0. The molecule has 0 saturated carbocycles. The fourth-order valence-corrected chi connectivity index (χ4v) is 3.30. The number of benzene rings is 1. The molecule has 3 rings (SSSR count). The zero-order chi connectivity index (χ0) is 20.3. The van der Waals surface area contributed by atoms with E-state index >= 15 is 0 Å². The molecule has 1 aromatic heterocycles. The first-order valence-corrected chi connectivity index (χ1v) is 9.60. The summed E-state index contributed by atoms with van der Waals surface area (Å²) in [5, 5.41) is 2.99. The third kappa shape index (κ3) is 4.57. The molecule has 0 unspecified atom stereocenters. The Morgan fingerprint density at radius 3 is 2.39 bits per heavy atom. The van der Waals surface area contributed by atoms with E-state index in [0.29, 0.717) is 24.3 Å². The van der Waals surface area contributed by atoms with Crippen molar-refractivity contribution in [1.29, 1.82) is 0 Å². The second kappa shape index (κ2) is 8.10. The Bertz CT molecular complexity index is 865. The van der Waals surface area contributed by atoms with Crippen molar-refractivity contribution >= 4 is 17.5 Å². The first-order valence-electron chi connectivity index (χ1n) is 9.60. The summed E-state index contributed by atoms with van der Waals surface area (Å²) in [6.45, 7) is 9.36. The van der Waals surface area contributed by atoms with E-state index in [0.717, 1.165) is 24.3 Å². The van der Waals surface area contributed by atoms with Crippen LogP contribution in [0.4, 0.5) is 5.69 Å². The number of hydrogen-bond acceptors (Lipinski definition) is 4. The van der Waals surface area contributed by atoms with Gasteiger partial charge in [-0.2, -0.15) is 0 Å². The molecule has 1 N–H and O–H groups in total. The third-order valence-electron chi connectivity index (χ3n) is 5.02. The molecule has 0 atom stereocenters. The molecule has 148 valence electrons. The largest absolute Gasteiger partial charge is 0.335 e. The lowest BCUT2D eigenvalue weighted by Crippen LogP contribution is -2.47. The number of anilines is 1. The fourth-order valence-electron chi connectivity index (χ4n) is 3.30. The summed E-state index contributed by atoms with van der Waals surface area (Å²) in [5.41, 5.74) is 2.48. The number of piperazine rings is 1. The molecule has 2 heterocycles. The van der Waals surface area contributed by atoms with E-state index in [4.69, 9.17) is 0 Å². The molecule has 6 nitrogen and oxygen atoms in total. The molecule has 1 aliphatic rings. The van der Waals surface area contributed by atoms with Gasteiger partial charge >= 0.3 is 0 Å². The van der Waals surface area contributed by atoms with Crippen molar-refractivity contribution in [2.24, 2.45) is 0 Å². The lowest BCUT2D eigenvalue weighted by Gasteiger charge is -2.32. The third-order valence-corrected chi connectivity index (χ3v) is 5.02. The van der Waals surface area contributed by atoms with Crippen LogP contribution in [0.25, 0.3) is 0 Å². The van der Waals surface area contributed by atoms with Crippen molar-refractivity contribution in [2.75, 3.05) is 38.5 Å². The molecule has 1 fully saturated rings. The Morgan fingerprint density at radius 1 is 1.04 bits per heavy atom. The molecule has 28 heavy (non-hydrogen) atoms. The van der Waals surface area contributed by atoms with Crippen LogP contribution in [0.2, 0.25) is 0 Å². The molecule has 1 aliphatic heterocycles. The zero-order valence-corrected chi connectivity index (χ0v) is 17.0. The topological polar surface area (TPSA) is 65.5 Å². The van der Waals surface area contributed by atoms with Crippen molar-refractivity contribution in [3.63, 3.8) is 0 Å². The molecule has 6 heteroatoms. The van der Waals surface area contributed by atoms with Crippen LogP contribution in [0.5, 0.6) is 0 Å². The van der Waals surface area contributed by atoms with Crippen molar-refractivity contribution in [3.05, 3.63) is 59.4 Å². The van der Waals surface area contributed by atoms with Crippen molar-refractivity contribution in [3.8, 4) is 0 Å². The highest BCUT2D eigenvalue weighted by molar-refractivity contribution is 6.06. The Kier molecular flexibility index (Phi) is 5.79.